The molecule has 18 heavy (non-hydrogen) atoms. The van der Waals surface area contributed by atoms with Crippen LogP contribution in [0, 0.1) is 0 Å². The molecular formula is C11H14N3O3S-. The average Bonchev–Trinajstić information content (AvgIpc) is 2.39. The Morgan fingerprint density at radius 3 is 2.44 bits per heavy atom. The lowest BCUT2D eigenvalue weighted by Crippen LogP contribution is -2.46. The minimum atomic E-state index is -2.34. The highest BCUT2D eigenvalue weighted by Gasteiger charge is 2.17. The number of piperazine rings is 1. The Morgan fingerprint density at radius 2 is 1.89 bits per heavy atom. The Bertz CT molecular complexity index is 443. The summed E-state index contributed by atoms with van der Waals surface area (Å²) < 4.78 is 23.1. The van der Waals surface area contributed by atoms with Gasteiger partial charge in [0.2, 0.25) is 0 Å². The molecule has 6 nitrogen and oxygen atoms in total. The Morgan fingerprint density at radius 1 is 1.28 bits per heavy atom. The van der Waals surface area contributed by atoms with E-state index in [0.29, 0.717) is 24.3 Å². The van der Waals surface area contributed by atoms with Gasteiger partial charge in [0.1, 0.15) is 0 Å². The van der Waals surface area contributed by atoms with Crippen molar-refractivity contribution >= 4 is 22.9 Å². The van der Waals surface area contributed by atoms with E-state index in [9.17, 15) is 13.6 Å². The smallest absolute Gasteiger partial charge is 0.253 e. The number of anilines is 1. The molecule has 0 aromatic heterocycles. The van der Waals surface area contributed by atoms with Gasteiger partial charge in [-0.1, -0.05) is 0 Å². The second kappa shape index (κ2) is 5.94. The standard InChI is InChI=1S/C11H15N3O3S/c15-11(14-7-5-12-6-8-14)9-1-3-10(4-2-9)13-18(16)17/h1-4,12-13H,5-8H2,(H,16,17)/p-1. The predicted octanol–water partition coefficient (Wildman–Crippen LogP) is -0.0620. The summed E-state index contributed by atoms with van der Waals surface area (Å²) in [5.41, 5.74) is 1.01. The Kier molecular flexibility index (Phi) is 4.29. The number of carbonyl (C=O) groups excluding carboxylic acids is 1. The number of rotatable bonds is 3. The van der Waals surface area contributed by atoms with Gasteiger partial charge >= 0.3 is 0 Å². The average molecular weight is 268 g/mol. The Balaban J connectivity index is 2.04. The van der Waals surface area contributed by atoms with Gasteiger partial charge in [-0.2, -0.15) is 0 Å². The number of nitrogens with zero attached hydrogens (tertiary/aromatic N) is 1. The second-order valence-electron chi connectivity index (χ2n) is 3.96. The summed E-state index contributed by atoms with van der Waals surface area (Å²) in [4.78, 5) is 13.9. The molecule has 1 fully saturated rings. The van der Waals surface area contributed by atoms with Crippen LogP contribution >= 0.6 is 0 Å². The van der Waals surface area contributed by atoms with E-state index in [0.717, 1.165) is 13.1 Å². The molecular weight excluding hydrogens is 254 g/mol. The number of carbonyl (C=O) groups is 1. The molecule has 0 saturated carbocycles. The first-order valence-corrected chi connectivity index (χ1v) is 6.70. The lowest BCUT2D eigenvalue weighted by atomic mass is 10.1. The molecule has 98 valence electrons. The molecule has 0 bridgehead atoms. The molecule has 1 aliphatic rings. The lowest BCUT2D eigenvalue weighted by Gasteiger charge is -2.27. The SMILES string of the molecule is O=C(c1ccc(NS(=O)[O-])cc1)N1CCNCC1. The molecule has 1 aromatic carbocycles. The molecule has 1 unspecified atom stereocenters. The fourth-order valence-corrected chi connectivity index (χ4v) is 2.16. The van der Waals surface area contributed by atoms with Crippen molar-refractivity contribution in [3.05, 3.63) is 29.8 Å². The third kappa shape index (κ3) is 3.28. The van der Waals surface area contributed by atoms with Crippen molar-refractivity contribution in [3.63, 3.8) is 0 Å². The van der Waals surface area contributed by atoms with Gasteiger partial charge in [-0.3, -0.25) is 9.00 Å². The number of hydrogen-bond acceptors (Lipinski definition) is 4. The monoisotopic (exact) mass is 268 g/mol. The van der Waals surface area contributed by atoms with Gasteiger partial charge in [0.25, 0.3) is 5.91 Å². The van der Waals surface area contributed by atoms with E-state index in [2.05, 4.69) is 10.0 Å². The van der Waals surface area contributed by atoms with Gasteiger partial charge in [-0.05, 0) is 24.3 Å². The van der Waals surface area contributed by atoms with Crippen molar-refractivity contribution in [2.75, 3.05) is 30.9 Å². The molecule has 0 aliphatic carbocycles. The van der Waals surface area contributed by atoms with Crippen molar-refractivity contribution < 1.29 is 13.6 Å². The van der Waals surface area contributed by atoms with Crippen LogP contribution in [-0.2, 0) is 11.3 Å². The number of nitrogens with one attached hydrogen (secondary N) is 2. The largest absolute Gasteiger partial charge is 0.755 e. The first kappa shape index (κ1) is 13.0. The van der Waals surface area contributed by atoms with E-state index >= 15 is 0 Å². The zero-order valence-corrected chi connectivity index (χ0v) is 10.5. The summed E-state index contributed by atoms with van der Waals surface area (Å²) >= 11 is -2.34. The van der Waals surface area contributed by atoms with Crippen LogP contribution in [0.3, 0.4) is 0 Å². The zero-order chi connectivity index (χ0) is 13.0. The molecule has 1 saturated heterocycles. The van der Waals surface area contributed by atoms with Gasteiger partial charge in [-0.15, -0.1) is 0 Å². The van der Waals surface area contributed by atoms with E-state index < -0.39 is 11.3 Å². The number of amides is 1. The maximum absolute atomic E-state index is 12.1. The van der Waals surface area contributed by atoms with Crippen molar-refractivity contribution in [2.24, 2.45) is 0 Å². The Labute approximate surface area is 108 Å². The van der Waals surface area contributed by atoms with Crippen LogP contribution in [-0.4, -0.2) is 45.7 Å². The van der Waals surface area contributed by atoms with Crippen molar-refractivity contribution in [2.45, 2.75) is 0 Å². The molecule has 1 aromatic rings. The van der Waals surface area contributed by atoms with E-state index in [1.807, 2.05) is 0 Å². The second-order valence-corrected chi connectivity index (χ2v) is 4.63. The van der Waals surface area contributed by atoms with E-state index in [1.165, 1.54) is 0 Å². The summed E-state index contributed by atoms with van der Waals surface area (Å²) in [5.74, 6) is -0.0219. The molecule has 1 aliphatic heterocycles. The van der Waals surface area contributed by atoms with Crippen LogP contribution in [0.15, 0.2) is 24.3 Å². The predicted molar refractivity (Wildman–Crippen MR) is 67.8 cm³/mol. The minimum absolute atomic E-state index is 0.0219. The minimum Gasteiger partial charge on any atom is -0.755 e. The lowest BCUT2D eigenvalue weighted by molar-refractivity contribution is 0.0736. The quantitative estimate of drug-likeness (QED) is 0.752. The van der Waals surface area contributed by atoms with Gasteiger partial charge < -0.3 is 19.5 Å². The molecule has 0 spiro atoms. The van der Waals surface area contributed by atoms with Crippen LogP contribution in [0.1, 0.15) is 10.4 Å². The molecule has 0 radical (unpaired) electrons. The van der Waals surface area contributed by atoms with E-state index in [4.69, 9.17) is 0 Å². The van der Waals surface area contributed by atoms with Crippen molar-refractivity contribution in [1.29, 1.82) is 0 Å². The summed E-state index contributed by atoms with van der Waals surface area (Å²) in [7, 11) is 0. The van der Waals surface area contributed by atoms with Crippen LogP contribution in [0.2, 0.25) is 0 Å². The summed E-state index contributed by atoms with van der Waals surface area (Å²) in [6.07, 6.45) is 0. The van der Waals surface area contributed by atoms with Gasteiger partial charge in [0.15, 0.2) is 0 Å². The first-order chi connectivity index (χ1) is 8.66. The van der Waals surface area contributed by atoms with Crippen LogP contribution in [0.5, 0.6) is 0 Å². The molecule has 2 rings (SSSR count). The number of hydrogen-bond donors (Lipinski definition) is 2. The maximum Gasteiger partial charge on any atom is 0.253 e. The zero-order valence-electron chi connectivity index (χ0n) is 9.72. The van der Waals surface area contributed by atoms with Gasteiger partial charge in [0.05, 0.1) is 0 Å². The number of benzene rings is 1. The van der Waals surface area contributed by atoms with Crippen LogP contribution in [0.4, 0.5) is 5.69 Å². The molecule has 7 heteroatoms. The molecule has 1 heterocycles. The molecule has 2 N–H and O–H groups in total. The third-order valence-electron chi connectivity index (χ3n) is 2.74. The summed E-state index contributed by atoms with van der Waals surface area (Å²) in [5, 5.41) is 3.18. The summed E-state index contributed by atoms with van der Waals surface area (Å²) in [6, 6.07) is 6.40. The van der Waals surface area contributed by atoms with Gasteiger partial charge in [0, 0.05) is 48.7 Å². The highest BCUT2D eigenvalue weighted by molar-refractivity contribution is 7.80. The maximum atomic E-state index is 12.1. The molecule has 1 atom stereocenters. The highest BCUT2D eigenvalue weighted by atomic mass is 32.2. The van der Waals surface area contributed by atoms with E-state index in [1.54, 1.807) is 29.2 Å². The summed E-state index contributed by atoms with van der Waals surface area (Å²) in [6.45, 7) is 3.01. The van der Waals surface area contributed by atoms with Gasteiger partial charge in [-0.25, -0.2) is 0 Å². The first-order valence-electron chi connectivity index (χ1n) is 5.63. The fraction of sp³-hybridized carbons (Fsp3) is 0.364. The normalized spacial score (nSPS) is 17.3. The van der Waals surface area contributed by atoms with Crippen molar-refractivity contribution in [3.8, 4) is 0 Å². The van der Waals surface area contributed by atoms with E-state index in [-0.39, 0.29) is 5.91 Å². The topological polar surface area (TPSA) is 84.5 Å². The van der Waals surface area contributed by atoms with Crippen molar-refractivity contribution in [1.82, 2.24) is 10.2 Å². The highest BCUT2D eigenvalue weighted by Crippen LogP contribution is 2.12. The fourth-order valence-electron chi connectivity index (χ4n) is 1.83. The third-order valence-corrected chi connectivity index (χ3v) is 3.14. The van der Waals surface area contributed by atoms with Crippen LogP contribution < -0.4 is 10.0 Å². The Hall–Kier alpha value is -1.44. The molecule has 1 amide bonds. The van der Waals surface area contributed by atoms with Crippen LogP contribution in [0.25, 0.3) is 0 Å².